The smallest absolute Gasteiger partial charge is 0.338 e. The summed E-state index contributed by atoms with van der Waals surface area (Å²) >= 11 is 5.65. The van der Waals surface area contributed by atoms with Gasteiger partial charge in [-0.3, -0.25) is 0 Å². The average molecular weight is 405 g/mol. The highest BCUT2D eigenvalue weighted by molar-refractivity contribution is 7.80. The van der Waals surface area contributed by atoms with E-state index in [0.717, 1.165) is 24.1 Å². The summed E-state index contributed by atoms with van der Waals surface area (Å²) in [5.41, 5.74) is 2.20. The van der Waals surface area contributed by atoms with Crippen LogP contribution < -0.4 is 14.8 Å². The SMILES string of the molecule is CCOC(=O)C1=C(C)N(C2CC2)C(=S)NC1c1cccc(OC)c1OC(C)C. The van der Waals surface area contributed by atoms with E-state index in [0.29, 0.717) is 34.8 Å². The molecule has 3 rings (SSSR count). The number of para-hydroxylation sites is 1. The van der Waals surface area contributed by atoms with Crippen molar-refractivity contribution in [3.8, 4) is 11.5 Å². The molecule has 1 aliphatic carbocycles. The molecule has 0 aromatic heterocycles. The van der Waals surface area contributed by atoms with Crippen LogP contribution in [0.2, 0.25) is 0 Å². The van der Waals surface area contributed by atoms with Crippen LogP contribution in [0.1, 0.15) is 52.1 Å². The summed E-state index contributed by atoms with van der Waals surface area (Å²) in [5, 5.41) is 3.97. The number of ether oxygens (including phenoxy) is 3. The van der Waals surface area contributed by atoms with Crippen molar-refractivity contribution in [1.82, 2.24) is 10.2 Å². The minimum absolute atomic E-state index is 0.0512. The average Bonchev–Trinajstić information content (AvgIpc) is 3.46. The summed E-state index contributed by atoms with van der Waals surface area (Å²) < 4.78 is 17.0. The van der Waals surface area contributed by atoms with E-state index in [4.69, 9.17) is 26.4 Å². The lowest BCUT2D eigenvalue weighted by atomic mass is 9.93. The molecule has 1 unspecified atom stereocenters. The number of carbonyl (C=O) groups excluding carboxylic acids is 1. The first kappa shape index (κ1) is 20.5. The Morgan fingerprint density at radius 2 is 2.07 bits per heavy atom. The van der Waals surface area contributed by atoms with Gasteiger partial charge in [-0.15, -0.1) is 0 Å². The number of carbonyl (C=O) groups is 1. The molecular weight excluding hydrogens is 376 g/mol. The Morgan fingerprint density at radius 1 is 1.36 bits per heavy atom. The van der Waals surface area contributed by atoms with Crippen molar-refractivity contribution in [3.63, 3.8) is 0 Å². The minimum atomic E-state index is -0.467. The lowest BCUT2D eigenvalue weighted by Crippen LogP contribution is -2.48. The predicted octanol–water partition coefficient (Wildman–Crippen LogP) is 3.71. The highest BCUT2D eigenvalue weighted by Crippen LogP contribution is 2.43. The first-order chi connectivity index (χ1) is 13.4. The van der Waals surface area contributed by atoms with Gasteiger partial charge < -0.3 is 24.4 Å². The standard InChI is InChI=1S/C21H28N2O4S/c1-6-26-20(24)17-13(4)23(14-10-11-14)21(28)22-18(17)15-8-7-9-16(25-5)19(15)27-12(2)3/h7-9,12,14,18H,6,10-11H2,1-5H3,(H,22,28). The van der Waals surface area contributed by atoms with Crippen molar-refractivity contribution >= 4 is 23.3 Å². The molecule has 7 heteroatoms. The third kappa shape index (κ3) is 3.94. The molecule has 0 bridgehead atoms. The van der Waals surface area contributed by atoms with Crippen molar-refractivity contribution < 1.29 is 19.0 Å². The van der Waals surface area contributed by atoms with E-state index in [1.165, 1.54) is 0 Å². The predicted molar refractivity (Wildman–Crippen MR) is 111 cm³/mol. The Bertz CT molecular complexity index is 802. The van der Waals surface area contributed by atoms with Crippen LogP contribution in [-0.2, 0) is 9.53 Å². The van der Waals surface area contributed by atoms with Gasteiger partial charge in [0.1, 0.15) is 0 Å². The molecule has 1 fully saturated rings. The second kappa shape index (κ2) is 8.39. The molecule has 0 saturated heterocycles. The van der Waals surface area contributed by atoms with Gasteiger partial charge in [0.15, 0.2) is 16.6 Å². The van der Waals surface area contributed by atoms with Crippen molar-refractivity contribution in [2.45, 2.75) is 58.7 Å². The monoisotopic (exact) mass is 404 g/mol. The topological polar surface area (TPSA) is 60.0 Å². The van der Waals surface area contributed by atoms with Crippen molar-refractivity contribution in [1.29, 1.82) is 0 Å². The van der Waals surface area contributed by atoms with Gasteiger partial charge >= 0.3 is 5.97 Å². The molecule has 0 amide bonds. The minimum Gasteiger partial charge on any atom is -0.493 e. The van der Waals surface area contributed by atoms with Crippen molar-refractivity contribution in [3.05, 3.63) is 35.0 Å². The summed E-state index contributed by atoms with van der Waals surface area (Å²) in [6, 6.07) is 5.55. The zero-order chi connectivity index (χ0) is 20.4. The van der Waals surface area contributed by atoms with E-state index in [1.54, 1.807) is 14.0 Å². The van der Waals surface area contributed by atoms with Crippen LogP contribution in [0.3, 0.4) is 0 Å². The highest BCUT2D eigenvalue weighted by Gasteiger charge is 2.41. The normalized spacial score (nSPS) is 19.6. The van der Waals surface area contributed by atoms with Gasteiger partial charge in [-0.05, 0) is 58.8 Å². The van der Waals surface area contributed by atoms with E-state index in [2.05, 4.69) is 5.32 Å². The molecule has 0 spiro atoms. The summed E-state index contributed by atoms with van der Waals surface area (Å²) in [4.78, 5) is 15.0. The first-order valence-corrected chi connectivity index (χ1v) is 10.1. The molecule has 1 aliphatic heterocycles. The van der Waals surface area contributed by atoms with Crippen LogP contribution in [-0.4, -0.2) is 41.8 Å². The van der Waals surface area contributed by atoms with E-state index in [9.17, 15) is 4.79 Å². The van der Waals surface area contributed by atoms with Crippen LogP contribution in [0.15, 0.2) is 29.5 Å². The van der Waals surface area contributed by atoms with Crippen LogP contribution >= 0.6 is 12.2 Å². The van der Waals surface area contributed by atoms with Gasteiger partial charge in [0.2, 0.25) is 0 Å². The maximum atomic E-state index is 12.9. The maximum absolute atomic E-state index is 12.9. The second-order valence-corrected chi connectivity index (χ2v) is 7.64. The Morgan fingerprint density at radius 3 is 2.64 bits per heavy atom. The molecular formula is C21H28N2O4S. The number of rotatable bonds is 7. The van der Waals surface area contributed by atoms with Gasteiger partial charge in [-0.2, -0.15) is 0 Å². The lowest BCUT2D eigenvalue weighted by Gasteiger charge is -2.38. The molecule has 1 heterocycles. The number of hydrogen-bond donors (Lipinski definition) is 1. The van der Waals surface area contributed by atoms with Crippen molar-refractivity contribution in [2.24, 2.45) is 0 Å². The van der Waals surface area contributed by atoms with Gasteiger partial charge in [0, 0.05) is 17.3 Å². The quantitative estimate of drug-likeness (QED) is 0.549. The molecule has 1 aromatic rings. The zero-order valence-electron chi connectivity index (χ0n) is 17.1. The first-order valence-electron chi connectivity index (χ1n) is 9.70. The molecule has 2 aliphatic rings. The van der Waals surface area contributed by atoms with E-state index in [-0.39, 0.29) is 12.1 Å². The zero-order valence-corrected chi connectivity index (χ0v) is 17.9. The third-order valence-electron chi connectivity index (χ3n) is 4.83. The van der Waals surface area contributed by atoms with Crippen LogP contribution in [0.5, 0.6) is 11.5 Å². The van der Waals surface area contributed by atoms with E-state index in [1.807, 2.05) is 43.9 Å². The number of nitrogens with zero attached hydrogens (tertiary/aromatic N) is 1. The van der Waals surface area contributed by atoms with Gasteiger partial charge in [-0.25, -0.2) is 4.79 Å². The molecule has 152 valence electrons. The number of nitrogens with one attached hydrogen (secondary N) is 1. The molecule has 1 aromatic carbocycles. The molecule has 28 heavy (non-hydrogen) atoms. The molecule has 6 nitrogen and oxygen atoms in total. The summed E-state index contributed by atoms with van der Waals surface area (Å²) in [6.45, 7) is 7.97. The molecule has 1 saturated carbocycles. The number of allylic oxidation sites excluding steroid dienone is 1. The van der Waals surface area contributed by atoms with Crippen LogP contribution in [0, 0.1) is 0 Å². The van der Waals surface area contributed by atoms with Crippen molar-refractivity contribution in [2.75, 3.05) is 13.7 Å². The molecule has 0 radical (unpaired) electrons. The fraction of sp³-hybridized carbons (Fsp3) is 0.524. The number of esters is 1. The van der Waals surface area contributed by atoms with Gasteiger partial charge in [0.05, 0.1) is 31.4 Å². The largest absolute Gasteiger partial charge is 0.493 e. The summed E-state index contributed by atoms with van der Waals surface area (Å²) in [6.07, 6.45) is 2.09. The Labute approximate surface area is 171 Å². The molecule has 1 atom stereocenters. The summed E-state index contributed by atoms with van der Waals surface area (Å²) in [7, 11) is 1.60. The van der Waals surface area contributed by atoms with Crippen LogP contribution in [0.25, 0.3) is 0 Å². The Balaban J connectivity index is 2.13. The summed E-state index contributed by atoms with van der Waals surface area (Å²) in [5.74, 6) is 0.878. The van der Waals surface area contributed by atoms with Gasteiger partial charge in [0.25, 0.3) is 0 Å². The Kier molecular flexibility index (Phi) is 6.13. The molecule has 1 N–H and O–H groups in total. The van der Waals surface area contributed by atoms with Gasteiger partial charge in [-0.1, -0.05) is 12.1 Å². The number of methoxy groups -OCH3 is 1. The second-order valence-electron chi connectivity index (χ2n) is 7.25. The van der Waals surface area contributed by atoms with E-state index < -0.39 is 6.04 Å². The lowest BCUT2D eigenvalue weighted by molar-refractivity contribution is -0.139. The number of hydrogen-bond acceptors (Lipinski definition) is 5. The fourth-order valence-electron chi connectivity index (χ4n) is 3.52. The highest BCUT2D eigenvalue weighted by atomic mass is 32.1. The maximum Gasteiger partial charge on any atom is 0.338 e. The number of thiocarbonyl (C=S) groups is 1. The fourth-order valence-corrected chi connectivity index (χ4v) is 3.92. The third-order valence-corrected chi connectivity index (χ3v) is 5.14. The van der Waals surface area contributed by atoms with E-state index >= 15 is 0 Å². The van der Waals surface area contributed by atoms with Crippen LogP contribution in [0.4, 0.5) is 0 Å². The number of benzene rings is 1. The Hall–Kier alpha value is -2.28.